The monoisotopic (exact) mass is 453 g/mol. The molecular formula is C27H35NO3S. The summed E-state index contributed by atoms with van der Waals surface area (Å²) in [6.45, 7) is 14.6. The summed E-state index contributed by atoms with van der Waals surface area (Å²) < 4.78 is 35.8. The van der Waals surface area contributed by atoms with Gasteiger partial charge in [0, 0.05) is 17.4 Å². The van der Waals surface area contributed by atoms with Crippen LogP contribution in [0.1, 0.15) is 67.2 Å². The maximum Gasteiger partial charge on any atom is 0.262 e. The second-order valence-corrected chi connectivity index (χ2v) is 11.9. The van der Waals surface area contributed by atoms with Crippen LogP contribution in [0, 0.1) is 39.0 Å². The minimum Gasteiger partial charge on any atom is -0.461 e. The molecule has 1 aliphatic rings. The van der Waals surface area contributed by atoms with Gasteiger partial charge in [0.25, 0.3) is 10.0 Å². The summed E-state index contributed by atoms with van der Waals surface area (Å²) >= 11 is 0. The summed E-state index contributed by atoms with van der Waals surface area (Å²) in [5.74, 6) is 1.66. The second-order valence-electron chi connectivity index (χ2n) is 10.3. The van der Waals surface area contributed by atoms with E-state index in [-0.39, 0.29) is 5.41 Å². The maximum absolute atomic E-state index is 13.4. The minimum atomic E-state index is -3.71. The summed E-state index contributed by atoms with van der Waals surface area (Å²) in [6, 6.07) is 7.78. The molecule has 0 saturated heterocycles. The van der Waals surface area contributed by atoms with E-state index < -0.39 is 10.0 Å². The molecule has 172 valence electrons. The number of fused-ring (bicyclic) bond motifs is 3. The predicted octanol–water partition coefficient (Wildman–Crippen LogP) is 7.01. The Bertz CT molecular complexity index is 1280. The van der Waals surface area contributed by atoms with Crippen LogP contribution in [0.15, 0.2) is 33.6 Å². The highest BCUT2D eigenvalue weighted by molar-refractivity contribution is 7.92. The lowest BCUT2D eigenvalue weighted by molar-refractivity contribution is 0.179. The summed E-state index contributed by atoms with van der Waals surface area (Å²) in [7, 11) is -3.71. The Labute approximate surface area is 192 Å². The lowest BCUT2D eigenvalue weighted by Crippen LogP contribution is -2.28. The van der Waals surface area contributed by atoms with E-state index in [1.54, 1.807) is 0 Å². The molecule has 0 aliphatic heterocycles. The molecule has 0 amide bonds. The van der Waals surface area contributed by atoms with Crippen LogP contribution in [0.4, 0.5) is 5.69 Å². The van der Waals surface area contributed by atoms with E-state index in [0.717, 1.165) is 64.7 Å². The van der Waals surface area contributed by atoms with Gasteiger partial charge in [-0.25, -0.2) is 8.42 Å². The van der Waals surface area contributed by atoms with Crippen LogP contribution in [0.5, 0.6) is 0 Å². The molecule has 0 saturated carbocycles. The quantitative estimate of drug-likeness (QED) is 0.452. The molecule has 2 aromatic carbocycles. The van der Waals surface area contributed by atoms with Crippen molar-refractivity contribution in [3.8, 4) is 0 Å². The molecule has 0 unspecified atom stereocenters. The largest absolute Gasteiger partial charge is 0.461 e. The first-order valence-corrected chi connectivity index (χ1v) is 13.1. The van der Waals surface area contributed by atoms with Gasteiger partial charge in [0.15, 0.2) is 0 Å². The van der Waals surface area contributed by atoms with Crippen molar-refractivity contribution < 1.29 is 12.8 Å². The average molecular weight is 454 g/mol. The molecule has 0 fully saturated rings. The number of benzene rings is 2. The molecule has 0 bridgehead atoms. The predicted molar refractivity (Wildman–Crippen MR) is 132 cm³/mol. The second kappa shape index (κ2) is 7.95. The van der Waals surface area contributed by atoms with Crippen LogP contribution < -0.4 is 4.72 Å². The van der Waals surface area contributed by atoms with Gasteiger partial charge in [-0.1, -0.05) is 44.9 Å². The Hall–Kier alpha value is -2.27. The number of anilines is 1. The van der Waals surface area contributed by atoms with E-state index in [9.17, 15) is 8.42 Å². The van der Waals surface area contributed by atoms with Crippen molar-refractivity contribution in [2.45, 2.75) is 79.0 Å². The van der Waals surface area contributed by atoms with Crippen molar-refractivity contribution in [2.75, 3.05) is 4.72 Å². The smallest absolute Gasteiger partial charge is 0.262 e. The van der Waals surface area contributed by atoms with Gasteiger partial charge in [0.1, 0.15) is 11.3 Å². The van der Waals surface area contributed by atoms with Crippen molar-refractivity contribution in [3.63, 3.8) is 0 Å². The van der Waals surface area contributed by atoms with Crippen molar-refractivity contribution in [1.29, 1.82) is 0 Å². The van der Waals surface area contributed by atoms with Crippen molar-refractivity contribution >= 4 is 26.7 Å². The maximum atomic E-state index is 13.4. The Morgan fingerprint density at radius 1 is 1.03 bits per heavy atom. The van der Waals surface area contributed by atoms with Crippen molar-refractivity contribution in [3.05, 3.63) is 57.8 Å². The zero-order valence-corrected chi connectivity index (χ0v) is 21.2. The Morgan fingerprint density at radius 3 is 2.31 bits per heavy atom. The van der Waals surface area contributed by atoms with Crippen LogP contribution >= 0.6 is 0 Å². The molecule has 1 N–H and O–H groups in total. The van der Waals surface area contributed by atoms with E-state index in [2.05, 4.69) is 25.5 Å². The highest BCUT2D eigenvalue weighted by atomic mass is 32.2. The first-order chi connectivity index (χ1) is 14.9. The number of furan rings is 1. The molecule has 0 radical (unpaired) electrons. The van der Waals surface area contributed by atoms with Gasteiger partial charge in [-0.15, -0.1) is 0 Å². The third kappa shape index (κ3) is 3.96. The SMILES string of the molecule is CCC(C)(C)[C@H]1CCc2oc3cc(C)c(NS(=O)(=O)c4c(C)cc(C)cc4C)cc3c2C1. The molecule has 1 aromatic heterocycles. The third-order valence-corrected chi connectivity index (χ3v) is 9.20. The summed E-state index contributed by atoms with van der Waals surface area (Å²) in [5, 5.41) is 1.04. The van der Waals surface area contributed by atoms with Gasteiger partial charge in [0.2, 0.25) is 0 Å². The van der Waals surface area contributed by atoms with Crippen LogP contribution in [-0.2, 0) is 22.9 Å². The summed E-state index contributed by atoms with van der Waals surface area (Å²) in [5.41, 5.74) is 6.45. The lowest BCUT2D eigenvalue weighted by atomic mass is 9.69. The minimum absolute atomic E-state index is 0.275. The highest BCUT2D eigenvalue weighted by Gasteiger charge is 2.33. The molecule has 0 spiro atoms. The Balaban J connectivity index is 1.75. The Kier molecular flexibility index (Phi) is 5.69. The van der Waals surface area contributed by atoms with Gasteiger partial charge in [-0.05, 0) is 80.7 Å². The van der Waals surface area contributed by atoms with E-state index >= 15 is 0 Å². The van der Waals surface area contributed by atoms with E-state index in [0.29, 0.717) is 16.5 Å². The zero-order valence-electron chi connectivity index (χ0n) is 20.3. The zero-order chi connectivity index (χ0) is 23.4. The van der Waals surface area contributed by atoms with Crippen molar-refractivity contribution in [1.82, 2.24) is 0 Å². The first kappa shape index (κ1) is 22.9. The molecule has 4 rings (SSSR count). The lowest BCUT2D eigenvalue weighted by Gasteiger charge is -2.36. The number of aryl methyl sites for hydroxylation is 5. The normalized spacial score (nSPS) is 16.9. The van der Waals surface area contributed by atoms with Gasteiger partial charge in [-0.3, -0.25) is 4.72 Å². The molecule has 1 atom stereocenters. The van der Waals surface area contributed by atoms with Crippen LogP contribution in [0.2, 0.25) is 0 Å². The Morgan fingerprint density at radius 2 is 1.69 bits per heavy atom. The van der Waals surface area contributed by atoms with Gasteiger partial charge >= 0.3 is 0 Å². The number of nitrogens with one attached hydrogen (secondary N) is 1. The van der Waals surface area contributed by atoms with E-state index in [4.69, 9.17) is 4.42 Å². The molecule has 4 nitrogen and oxygen atoms in total. The molecule has 1 aliphatic carbocycles. The molecule has 1 heterocycles. The third-order valence-electron chi connectivity index (χ3n) is 7.53. The van der Waals surface area contributed by atoms with Crippen LogP contribution in [-0.4, -0.2) is 8.42 Å². The van der Waals surface area contributed by atoms with E-state index in [1.807, 2.05) is 52.0 Å². The average Bonchev–Trinajstić information content (AvgIpc) is 3.03. The molecule has 5 heteroatoms. The van der Waals surface area contributed by atoms with Crippen LogP contribution in [0.3, 0.4) is 0 Å². The highest BCUT2D eigenvalue weighted by Crippen LogP contribution is 2.43. The topological polar surface area (TPSA) is 59.3 Å². The molecule has 32 heavy (non-hydrogen) atoms. The van der Waals surface area contributed by atoms with Gasteiger partial charge in [-0.2, -0.15) is 0 Å². The molecular weight excluding hydrogens is 418 g/mol. The number of hydrogen-bond donors (Lipinski definition) is 1. The number of rotatable bonds is 5. The fraction of sp³-hybridized carbons (Fsp3) is 0.481. The number of hydrogen-bond acceptors (Lipinski definition) is 3. The fourth-order valence-electron chi connectivity index (χ4n) is 5.28. The fourth-order valence-corrected chi connectivity index (χ4v) is 6.85. The van der Waals surface area contributed by atoms with Gasteiger partial charge < -0.3 is 4.42 Å². The van der Waals surface area contributed by atoms with E-state index in [1.165, 1.54) is 5.56 Å². The van der Waals surface area contributed by atoms with Crippen molar-refractivity contribution in [2.24, 2.45) is 11.3 Å². The molecule has 3 aromatic rings. The summed E-state index contributed by atoms with van der Waals surface area (Å²) in [6.07, 6.45) is 4.20. The number of sulfonamides is 1. The first-order valence-electron chi connectivity index (χ1n) is 11.6. The van der Waals surface area contributed by atoms with Crippen LogP contribution in [0.25, 0.3) is 11.0 Å². The summed E-state index contributed by atoms with van der Waals surface area (Å²) in [4.78, 5) is 0.363. The standard InChI is InChI=1S/C27H35NO3S/c1-8-27(6,7)20-9-10-24-21(14-20)22-15-23(17(3)13-25(22)31-24)28-32(29,30)26-18(4)11-16(2)12-19(26)5/h11-13,15,20,28H,8-10,14H2,1-7H3/t20-/m0/s1. The van der Waals surface area contributed by atoms with Gasteiger partial charge in [0.05, 0.1) is 10.6 Å².